The highest BCUT2D eigenvalue weighted by Gasteiger charge is 2.12. The molecular weight excluding hydrogens is 260 g/mol. The second kappa shape index (κ2) is 5.95. The Morgan fingerprint density at radius 3 is 2.90 bits per heavy atom. The number of anilines is 2. The second-order valence-electron chi connectivity index (χ2n) is 4.07. The number of nitrogen functional groups attached to an aromatic ring is 1. The summed E-state index contributed by atoms with van der Waals surface area (Å²) in [6, 6.07) is 0. The van der Waals surface area contributed by atoms with Crippen LogP contribution in [0, 0.1) is 0 Å². The predicted octanol–water partition coefficient (Wildman–Crippen LogP) is -0.788. The molecule has 0 spiro atoms. The summed E-state index contributed by atoms with van der Waals surface area (Å²) in [4.78, 5) is 29.4. The molecule has 20 heavy (non-hydrogen) atoms. The van der Waals surface area contributed by atoms with E-state index >= 15 is 0 Å². The zero-order chi connectivity index (χ0) is 14.5. The molecule has 9 heteroatoms. The number of nitrogens with two attached hydrogens (primary N) is 1. The van der Waals surface area contributed by atoms with Gasteiger partial charge in [-0.05, 0) is 6.92 Å². The van der Waals surface area contributed by atoms with Crippen LogP contribution in [0.15, 0.2) is 18.7 Å². The van der Waals surface area contributed by atoms with Crippen molar-refractivity contribution in [3.63, 3.8) is 0 Å². The predicted molar refractivity (Wildman–Crippen MR) is 73.3 cm³/mol. The monoisotopic (exact) mass is 276 g/mol. The van der Waals surface area contributed by atoms with Crippen molar-refractivity contribution in [2.45, 2.75) is 6.92 Å². The van der Waals surface area contributed by atoms with Crippen molar-refractivity contribution in [2.75, 3.05) is 30.8 Å². The van der Waals surface area contributed by atoms with Crippen LogP contribution in [0.3, 0.4) is 0 Å². The van der Waals surface area contributed by atoms with Gasteiger partial charge >= 0.3 is 0 Å². The van der Waals surface area contributed by atoms with Gasteiger partial charge in [-0.25, -0.2) is 4.98 Å². The molecule has 0 atom stereocenters. The van der Waals surface area contributed by atoms with E-state index in [9.17, 15) is 4.79 Å². The van der Waals surface area contributed by atoms with Gasteiger partial charge < -0.3 is 16.0 Å². The Labute approximate surface area is 115 Å². The standard InChI is InChI=1S/C11H16N8O/c1-3-14-8(20)6-18(2)10-15-9(12)16-11(17-10)19-5-4-13-7-19/h4-5,7H,3,6H2,1-2H3,(H,14,20)(H2,12,15,16,17). The lowest BCUT2D eigenvalue weighted by Crippen LogP contribution is -2.36. The molecule has 2 aromatic heterocycles. The summed E-state index contributed by atoms with van der Waals surface area (Å²) in [6.07, 6.45) is 4.86. The first-order chi connectivity index (χ1) is 9.60. The van der Waals surface area contributed by atoms with Gasteiger partial charge in [0.1, 0.15) is 6.33 Å². The quantitative estimate of drug-likeness (QED) is 0.735. The fraction of sp³-hybridized carbons (Fsp3) is 0.364. The summed E-state index contributed by atoms with van der Waals surface area (Å²) < 4.78 is 1.61. The normalized spacial score (nSPS) is 10.3. The summed E-state index contributed by atoms with van der Waals surface area (Å²) in [5.41, 5.74) is 5.67. The van der Waals surface area contributed by atoms with Crippen molar-refractivity contribution >= 4 is 17.8 Å². The first-order valence-corrected chi connectivity index (χ1v) is 6.08. The SMILES string of the molecule is CCNC(=O)CN(C)c1nc(N)nc(-n2ccnc2)n1. The lowest BCUT2D eigenvalue weighted by atomic mass is 10.5. The van der Waals surface area contributed by atoms with Gasteiger partial charge in [0.15, 0.2) is 0 Å². The Bertz CT molecular complexity index is 582. The van der Waals surface area contributed by atoms with Crippen molar-refractivity contribution in [3.05, 3.63) is 18.7 Å². The smallest absolute Gasteiger partial charge is 0.241 e. The van der Waals surface area contributed by atoms with Crippen molar-refractivity contribution in [2.24, 2.45) is 0 Å². The van der Waals surface area contributed by atoms with Crippen molar-refractivity contribution in [1.29, 1.82) is 0 Å². The van der Waals surface area contributed by atoms with E-state index in [1.165, 1.54) is 0 Å². The molecule has 3 N–H and O–H groups in total. The molecule has 2 aromatic rings. The second-order valence-corrected chi connectivity index (χ2v) is 4.07. The lowest BCUT2D eigenvalue weighted by Gasteiger charge is -2.17. The molecule has 0 aliphatic carbocycles. The number of carbonyl (C=O) groups is 1. The number of rotatable bonds is 5. The highest BCUT2D eigenvalue weighted by atomic mass is 16.2. The highest BCUT2D eigenvalue weighted by Crippen LogP contribution is 2.09. The maximum absolute atomic E-state index is 11.6. The molecule has 0 aromatic carbocycles. The Balaban J connectivity index is 2.21. The third-order valence-electron chi connectivity index (χ3n) is 2.46. The largest absolute Gasteiger partial charge is 0.368 e. The van der Waals surface area contributed by atoms with Gasteiger partial charge in [-0.1, -0.05) is 0 Å². The van der Waals surface area contributed by atoms with Crippen molar-refractivity contribution in [1.82, 2.24) is 29.8 Å². The van der Waals surface area contributed by atoms with E-state index in [1.54, 1.807) is 35.2 Å². The number of imidazole rings is 1. The Morgan fingerprint density at radius 2 is 2.25 bits per heavy atom. The minimum absolute atomic E-state index is 0.0847. The van der Waals surface area contributed by atoms with Gasteiger partial charge in [-0.15, -0.1) is 0 Å². The van der Waals surface area contributed by atoms with Crippen LogP contribution < -0.4 is 16.0 Å². The molecule has 106 valence electrons. The van der Waals surface area contributed by atoms with E-state index < -0.39 is 0 Å². The molecule has 0 aliphatic rings. The molecular formula is C11H16N8O. The number of hydrogen-bond donors (Lipinski definition) is 2. The fourth-order valence-electron chi connectivity index (χ4n) is 1.57. The molecule has 9 nitrogen and oxygen atoms in total. The molecule has 0 radical (unpaired) electrons. The van der Waals surface area contributed by atoms with E-state index in [4.69, 9.17) is 5.73 Å². The molecule has 0 fully saturated rings. The minimum atomic E-state index is -0.113. The molecule has 0 unspecified atom stereocenters. The van der Waals surface area contributed by atoms with Crippen molar-refractivity contribution in [3.8, 4) is 5.95 Å². The van der Waals surface area contributed by atoms with E-state index in [0.29, 0.717) is 18.4 Å². The van der Waals surface area contributed by atoms with Gasteiger partial charge in [-0.3, -0.25) is 9.36 Å². The third kappa shape index (κ3) is 3.19. The maximum Gasteiger partial charge on any atom is 0.241 e. The number of aromatic nitrogens is 5. The Kier molecular flexibility index (Phi) is 4.08. The summed E-state index contributed by atoms with van der Waals surface area (Å²) in [6.45, 7) is 2.57. The van der Waals surface area contributed by atoms with Gasteiger partial charge in [0.25, 0.3) is 0 Å². The van der Waals surface area contributed by atoms with Gasteiger partial charge in [-0.2, -0.15) is 15.0 Å². The van der Waals surface area contributed by atoms with Crippen LogP contribution in [0.4, 0.5) is 11.9 Å². The van der Waals surface area contributed by atoms with E-state index in [-0.39, 0.29) is 18.4 Å². The lowest BCUT2D eigenvalue weighted by molar-refractivity contribution is -0.119. The van der Waals surface area contributed by atoms with E-state index in [1.807, 2.05) is 6.92 Å². The van der Waals surface area contributed by atoms with E-state index in [0.717, 1.165) is 0 Å². The topological polar surface area (TPSA) is 115 Å². The summed E-state index contributed by atoms with van der Waals surface area (Å²) >= 11 is 0. The van der Waals surface area contributed by atoms with Crippen LogP contribution >= 0.6 is 0 Å². The van der Waals surface area contributed by atoms with Gasteiger partial charge in [0.2, 0.25) is 23.8 Å². The van der Waals surface area contributed by atoms with Crippen LogP contribution in [0.5, 0.6) is 0 Å². The van der Waals surface area contributed by atoms with Crippen LogP contribution in [-0.4, -0.2) is 50.5 Å². The number of carbonyl (C=O) groups excluding carboxylic acids is 1. The summed E-state index contributed by atoms with van der Waals surface area (Å²) in [5, 5.41) is 2.70. The number of nitrogens with zero attached hydrogens (tertiary/aromatic N) is 6. The molecule has 0 saturated carbocycles. The highest BCUT2D eigenvalue weighted by molar-refractivity contribution is 5.80. The Morgan fingerprint density at radius 1 is 1.45 bits per heavy atom. The fourth-order valence-corrected chi connectivity index (χ4v) is 1.57. The van der Waals surface area contributed by atoms with Crippen LogP contribution in [0.25, 0.3) is 5.95 Å². The summed E-state index contributed by atoms with van der Waals surface area (Å²) in [7, 11) is 1.71. The first-order valence-electron chi connectivity index (χ1n) is 6.08. The number of likely N-dealkylation sites (N-methyl/N-ethyl adjacent to an activating group) is 2. The molecule has 0 aliphatic heterocycles. The molecule has 2 heterocycles. The number of hydrogen-bond acceptors (Lipinski definition) is 7. The molecule has 2 rings (SSSR count). The van der Waals surface area contributed by atoms with Crippen LogP contribution in [-0.2, 0) is 4.79 Å². The third-order valence-corrected chi connectivity index (χ3v) is 2.46. The van der Waals surface area contributed by atoms with Gasteiger partial charge in [0, 0.05) is 26.0 Å². The first kappa shape index (κ1) is 13.7. The van der Waals surface area contributed by atoms with E-state index in [2.05, 4.69) is 25.3 Å². The molecule has 0 bridgehead atoms. The molecule has 0 saturated heterocycles. The maximum atomic E-state index is 11.6. The zero-order valence-electron chi connectivity index (χ0n) is 11.3. The van der Waals surface area contributed by atoms with Crippen LogP contribution in [0.2, 0.25) is 0 Å². The minimum Gasteiger partial charge on any atom is -0.368 e. The average molecular weight is 276 g/mol. The Hall–Kier alpha value is -2.71. The van der Waals surface area contributed by atoms with Crippen LogP contribution in [0.1, 0.15) is 6.92 Å². The number of nitrogens with one attached hydrogen (secondary N) is 1. The number of amides is 1. The summed E-state index contributed by atoms with van der Waals surface area (Å²) in [5.74, 6) is 0.653. The van der Waals surface area contributed by atoms with Crippen molar-refractivity contribution < 1.29 is 4.79 Å². The zero-order valence-corrected chi connectivity index (χ0v) is 11.3. The average Bonchev–Trinajstić information content (AvgIpc) is 2.92. The van der Waals surface area contributed by atoms with Gasteiger partial charge in [0.05, 0.1) is 6.54 Å². The molecule has 1 amide bonds.